The van der Waals surface area contributed by atoms with Gasteiger partial charge in [-0.3, -0.25) is 0 Å². The molecule has 0 radical (unpaired) electrons. The number of pyridine rings is 1. The molecule has 1 aromatic heterocycles. The first-order chi connectivity index (χ1) is 7.27. The quantitative estimate of drug-likeness (QED) is 0.762. The van der Waals surface area contributed by atoms with Crippen LogP contribution in [0.2, 0.25) is 0 Å². The Bertz CT molecular complexity index is 558. The lowest BCUT2D eigenvalue weighted by Gasteiger charge is -2.06. The third kappa shape index (κ3) is 1.34. The van der Waals surface area contributed by atoms with Crippen molar-refractivity contribution >= 4 is 10.8 Å². The van der Waals surface area contributed by atoms with Gasteiger partial charge in [-0.05, 0) is 17.5 Å². The van der Waals surface area contributed by atoms with Crippen LogP contribution < -0.4 is 4.74 Å². The summed E-state index contributed by atoms with van der Waals surface area (Å²) in [6.07, 6.45) is 1.53. The van der Waals surface area contributed by atoms with Crippen molar-refractivity contribution in [2.75, 3.05) is 7.11 Å². The van der Waals surface area contributed by atoms with Gasteiger partial charge >= 0.3 is 0 Å². The van der Waals surface area contributed by atoms with E-state index < -0.39 is 0 Å². The van der Waals surface area contributed by atoms with E-state index in [2.05, 4.69) is 4.98 Å². The maximum Gasteiger partial charge on any atom is 0.168 e. The lowest BCUT2D eigenvalue weighted by molar-refractivity contribution is 0.376. The number of nitriles is 1. The highest BCUT2D eigenvalue weighted by atomic mass is 16.5. The van der Waals surface area contributed by atoms with Crippen LogP contribution in [0.25, 0.3) is 10.8 Å². The molecule has 1 aromatic carbocycles. The monoisotopic (exact) mass is 200 g/mol. The Labute approximate surface area is 86.4 Å². The zero-order valence-corrected chi connectivity index (χ0v) is 8.06. The number of ether oxygens (including phenoxy) is 1. The number of rotatable bonds is 1. The van der Waals surface area contributed by atoms with Crippen molar-refractivity contribution in [2.45, 2.75) is 0 Å². The fraction of sp³-hybridized carbons (Fsp3) is 0.0909. The Balaban J connectivity index is 2.90. The minimum Gasteiger partial charge on any atom is -0.504 e. The molecule has 0 aliphatic rings. The van der Waals surface area contributed by atoms with Crippen molar-refractivity contribution in [1.82, 2.24) is 4.98 Å². The van der Waals surface area contributed by atoms with Crippen LogP contribution in [0.1, 0.15) is 5.69 Å². The minimum absolute atomic E-state index is 0.0420. The summed E-state index contributed by atoms with van der Waals surface area (Å²) in [6.45, 7) is 0. The molecule has 1 heterocycles. The number of aromatic nitrogens is 1. The molecule has 0 fully saturated rings. The number of hydrogen-bond acceptors (Lipinski definition) is 4. The maximum absolute atomic E-state index is 9.85. The summed E-state index contributed by atoms with van der Waals surface area (Å²) in [4.78, 5) is 3.88. The first-order valence-electron chi connectivity index (χ1n) is 4.32. The molecule has 2 rings (SSSR count). The molecule has 0 spiro atoms. The van der Waals surface area contributed by atoms with E-state index in [1.165, 1.54) is 13.3 Å². The van der Waals surface area contributed by atoms with Crippen LogP contribution in [0.4, 0.5) is 0 Å². The van der Waals surface area contributed by atoms with Crippen molar-refractivity contribution < 1.29 is 9.84 Å². The summed E-state index contributed by atoms with van der Waals surface area (Å²) < 4.78 is 4.97. The fourth-order valence-electron chi connectivity index (χ4n) is 1.48. The normalized spacial score (nSPS) is 9.87. The highest BCUT2D eigenvalue weighted by Crippen LogP contribution is 2.35. The number of methoxy groups -OCH3 is 1. The molecule has 0 aliphatic heterocycles. The van der Waals surface area contributed by atoms with Crippen LogP contribution >= 0.6 is 0 Å². The van der Waals surface area contributed by atoms with Gasteiger partial charge in [0.05, 0.1) is 12.5 Å². The molecule has 15 heavy (non-hydrogen) atoms. The average Bonchev–Trinajstić information content (AvgIpc) is 2.29. The van der Waals surface area contributed by atoms with Crippen LogP contribution in [0.5, 0.6) is 11.5 Å². The molecular weight excluding hydrogens is 192 g/mol. The average molecular weight is 200 g/mol. The van der Waals surface area contributed by atoms with Crippen molar-refractivity contribution in [3.63, 3.8) is 0 Å². The Kier molecular flexibility index (Phi) is 2.14. The second-order valence-corrected chi connectivity index (χ2v) is 2.99. The van der Waals surface area contributed by atoms with Gasteiger partial charge in [-0.15, -0.1) is 0 Å². The molecule has 4 heteroatoms. The molecule has 0 aliphatic carbocycles. The van der Waals surface area contributed by atoms with Gasteiger partial charge in [0.2, 0.25) is 0 Å². The zero-order chi connectivity index (χ0) is 10.8. The summed E-state index contributed by atoms with van der Waals surface area (Å²) >= 11 is 0. The predicted octanol–water partition coefficient (Wildman–Crippen LogP) is 1.82. The highest BCUT2D eigenvalue weighted by Gasteiger charge is 2.11. The van der Waals surface area contributed by atoms with Crippen LogP contribution in [0.3, 0.4) is 0 Å². The van der Waals surface area contributed by atoms with Gasteiger partial charge in [0, 0.05) is 6.20 Å². The van der Waals surface area contributed by atoms with Crippen LogP contribution in [0, 0.1) is 11.3 Å². The zero-order valence-electron chi connectivity index (χ0n) is 8.06. The molecule has 1 N–H and O–H groups in total. The molecule has 0 bridgehead atoms. The highest BCUT2D eigenvalue weighted by molar-refractivity contribution is 5.93. The van der Waals surface area contributed by atoms with Crippen molar-refractivity contribution in [3.05, 3.63) is 30.1 Å². The van der Waals surface area contributed by atoms with Crippen molar-refractivity contribution in [3.8, 4) is 17.6 Å². The van der Waals surface area contributed by atoms with Crippen molar-refractivity contribution in [2.24, 2.45) is 0 Å². The van der Waals surface area contributed by atoms with E-state index in [-0.39, 0.29) is 11.4 Å². The van der Waals surface area contributed by atoms with Gasteiger partial charge in [0.1, 0.15) is 6.07 Å². The van der Waals surface area contributed by atoms with Crippen LogP contribution in [-0.4, -0.2) is 17.2 Å². The van der Waals surface area contributed by atoms with E-state index in [0.717, 1.165) is 5.39 Å². The van der Waals surface area contributed by atoms with Gasteiger partial charge in [0.15, 0.2) is 17.2 Å². The fourth-order valence-corrected chi connectivity index (χ4v) is 1.48. The smallest absolute Gasteiger partial charge is 0.168 e. The van der Waals surface area contributed by atoms with Gasteiger partial charge in [-0.25, -0.2) is 4.98 Å². The molecule has 0 saturated carbocycles. The van der Waals surface area contributed by atoms with E-state index >= 15 is 0 Å². The molecule has 74 valence electrons. The van der Waals surface area contributed by atoms with Crippen LogP contribution in [0.15, 0.2) is 24.4 Å². The Morgan fingerprint density at radius 3 is 2.87 bits per heavy atom. The SMILES string of the molecule is COc1ccc2ccnc(C#N)c2c1O. The minimum atomic E-state index is -0.0420. The number of hydrogen-bond donors (Lipinski definition) is 1. The number of nitrogens with zero attached hydrogens (tertiary/aromatic N) is 2. The van der Waals surface area contributed by atoms with E-state index in [0.29, 0.717) is 11.1 Å². The summed E-state index contributed by atoms with van der Waals surface area (Å²) in [5.74, 6) is 0.298. The van der Waals surface area contributed by atoms with E-state index in [1.54, 1.807) is 18.2 Å². The summed E-state index contributed by atoms with van der Waals surface area (Å²) in [5.41, 5.74) is 0.198. The molecule has 2 aromatic rings. The molecule has 0 atom stereocenters. The largest absolute Gasteiger partial charge is 0.504 e. The van der Waals surface area contributed by atoms with E-state index in [4.69, 9.17) is 10.00 Å². The predicted molar refractivity (Wildman–Crippen MR) is 54.7 cm³/mol. The maximum atomic E-state index is 9.85. The third-order valence-electron chi connectivity index (χ3n) is 2.19. The first kappa shape index (κ1) is 9.28. The Morgan fingerprint density at radius 1 is 1.40 bits per heavy atom. The molecule has 0 saturated heterocycles. The molecule has 0 amide bonds. The number of fused-ring (bicyclic) bond motifs is 1. The number of benzene rings is 1. The molecule has 4 nitrogen and oxygen atoms in total. The second kappa shape index (κ2) is 3.46. The standard InChI is InChI=1S/C11H8N2O2/c1-15-9-3-2-7-4-5-13-8(6-12)10(7)11(9)14/h2-5,14H,1H3. The van der Waals surface area contributed by atoms with E-state index in [1.807, 2.05) is 6.07 Å². The van der Waals surface area contributed by atoms with Gasteiger partial charge in [-0.1, -0.05) is 6.07 Å². The van der Waals surface area contributed by atoms with Crippen molar-refractivity contribution in [1.29, 1.82) is 5.26 Å². The number of aromatic hydroxyl groups is 1. The summed E-state index contributed by atoms with van der Waals surface area (Å²) in [5, 5.41) is 19.9. The topological polar surface area (TPSA) is 66.1 Å². The van der Waals surface area contributed by atoms with Gasteiger partial charge < -0.3 is 9.84 Å². The molecule has 0 unspecified atom stereocenters. The lowest BCUT2D eigenvalue weighted by atomic mass is 10.1. The second-order valence-electron chi connectivity index (χ2n) is 2.99. The Morgan fingerprint density at radius 2 is 2.20 bits per heavy atom. The van der Waals surface area contributed by atoms with Crippen LogP contribution in [-0.2, 0) is 0 Å². The third-order valence-corrected chi connectivity index (χ3v) is 2.19. The lowest BCUT2D eigenvalue weighted by Crippen LogP contribution is -1.89. The summed E-state index contributed by atoms with van der Waals surface area (Å²) in [6, 6.07) is 7.09. The first-order valence-corrected chi connectivity index (χ1v) is 4.32. The molecular formula is C11H8N2O2. The van der Waals surface area contributed by atoms with Gasteiger partial charge in [0.25, 0.3) is 0 Å². The Hall–Kier alpha value is -2.28. The number of phenolic OH excluding ortho intramolecular Hbond substituents is 1. The van der Waals surface area contributed by atoms with E-state index in [9.17, 15) is 5.11 Å². The van der Waals surface area contributed by atoms with Gasteiger partial charge in [-0.2, -0.15) is 5.26 Å². The summed E-state index contributed by atoms with van der Waals surface area (Å²) in [7, 11) is 1.46. The number of phenols is 1.